The van der Waals surface area contributed by atoms with E-state index in [1.807, 2.05) is 13.8 Å². The van der Waals surface area contributed by atoms with Crippen LogP contribution in [0.15, 0.2) is 10.8 Å². The lowest BCUT2D eigenvalue weighted by Crippen LogP contribution is -2.62. The van der Waals surface area contributed by atoms with Gasteiger partial charge in [0.15, 0.2) is 5.82 Å². The van der Waals surface area contributed by atoms with E-state index in [9.17, 15) is 4.79 Å². The number of carbonyl (C=O) groups is 1. The SMILES string of the molecule is Cc1conc1CN1CC(CC(=O)NC(C)c2nnnn2C)OCC12CCC2. The summed E-state index contributed by atoms with van der Waals surface area (Å²) in [4.78, 5) is 15.0. The zero-order chi connectivity index (χ0) is 19.7. The third kappa shape index (κ3) is 3.66. The van der Waals surface area contributed by atoms with Gasteiger partial charge in [0.05, 0.1) is 25.2 Å². The van der Waals surface area contributed by atoms with Crippen molar-refractivity contribution in [3.63, 3.8) is 0 Å². The van der Waals surface area contributed by atoms with E-state index in [1.165, 1.54) is 6.42 Å². The van der Waals surface area contributed by atoms with Crippen LogP contribution in [0.4, 0.5) is 0 Å². The molecule has 10 nitrogen and oxygen atoms in total. The smallest absolute Gasteiger partial charge is 0.223 e. The molecule has 2 aliphatic rings. The normalized spacial score (nSPS) is 22.8. The summed E-state index contributed by atoms with van der Waals surface area (Å²) in [6.45, 7) is 5.97. The molecule has 2 atom stereocenters. The van der Waals surface area contributed by atoms with Gasteiger partial charge in [0.2, 0.25) is 5.91 Å². The number of tetrazole rings is 1. The van der Waals surface area contributed by atoms with E-state index < -0.39 is 0 Å². The minimum absolute atomic E-state index is 0.0670. The van der Waals surface area contributed by atoms with Crippen molar-refractivity contribution in [3.8, 4) is 0 Å². The zero-order valence-electron chi connectivity index (χ0n) is 16.6. The monoisotopic (exact) mass is 389 g/mol. The Labute approximate surface area is 163 Å². The number of morpholine rings is 1. The van der Waals surface area contributed by atoms with Crippen LogP contribution in [0.5, 0.6) is 0 Å². The Balaban J connectivity index is 1.37. The predicted molar refractivity (Wildman–Crippen MR) is 97.9 cm³/mol. The van der Waals surface area contributed by atoms with Gasteiger partial charge in [-0.1, -0.05) is 5.16 Å². The highest BCUT2D eigenvalue weighted by Crippen LogP contribution is 2.41. The Morgan fingerprint density at radius 2 is 2.29 bits per heavy atom. The van der Waals surface area contributed by atoms with Crippen LogP contribution in [0.1, 0.15) is 55.7 Å². The van der Waals surface area contributed by atoms with Gasteiger partial charge < -0.3 is 14.6 Å². The van der Waals surface area contributed by atoms with E-state index in [4.69, 9.17) is 9.26 Å². The third-order valence-corrected chi connectivity index (χ3v) is 5.99. The quantitative estimate of drug-likeness (QED) is 0.776. The molecule has 1 spiro atoms. The van der Waals surface area contributed by atoms with Crippen molar-refractivity contribution in [2.24, 2.45) is 7.05 Å². The van der Waals surface area contributed by atoms with Gasteiger partial charge in [-0.15, -0.1) is 5.10 Å². The Morgan fingerprint density at radius 1 is 1.46 bits per heavy atom. The highest BCUT2D eigenvalue weighted by molar-refractivity contribution is 5.76. The number of hydrogen-bond donors (Lipinski definition) is 1. The molecule has 1 aliphatic heterocycles. The summed E-state index contributed by atoms with van der Waals surface area (Å²) < 4.78 is 12.7. The summed E-state index contributed by atoms with van der Waals surface area (Å²) >= 11 is 0. The van der Waals surface area contributed by atoms with Crippen LogP contribution in [0.3, 0.4) is 0 Å². The van der Waals surface area contributed by atoms with Gasteiger partial charge in [-0.05, 0) is 43.5 Å². The van der Waals surface area contributed by atoms with Crippen LogP contribution in [-0.4, -0.2) is 61.0 Å². The molecule has 4 rings (SSSR count). The molecular formula is C18H27N7O3. The Kier molecular flexibility index (Phi) is 5.15. The molecule has 1 saturated heterocycles. The second-order valence-electron chi connectivity index (χ2n) is 7.99. The molecule has 28 heavy (non-hydrogen) atoms. The van der Waals surface area contributed by atoms with Crippen molar-refractivity contribution in [3.05, 3.63) is 23.3 Å². The van der Waals surface area contributed by atoms with E-state index >= 15 is 0 Å². The molecule has 0 bridgehead atoms. The number of nitrogens with one attached hydrogen (secondary N) is 1. The van der Waals surface area contributed by atoms with Crippen molar-refractivity contribution in [1.82, 2.24) is 35.6 Å². The summed E-state index contributed by atoms with van der Waals surface area (Å²) in [6, 6.07) is -0.261. The number of carbonyl (C=O) groups excluding carboxylic acids is 1. The van der Waals surface area contributed by atoms with E-state index in [1.54, 1.807) is 18.0 Å². The van der Waals surface area contributed by atoms with Gasteiger partial charge in [0.1, 0.15) is 12.0 Å². The maximum Gasteiger partial charge on any atom is 0.223 e. The van der Waals surface area contributed by atoms with Crippen molar-refractivity contribution >= 4 is 5.91 Å². The molecule has 0 aromatic carbocycles. The van der Waals surface area contributed by atoms with Crippen molar-refractivity contribution in [1.29, 1.82) is 0 Å². The van der Waals surface area contributed by atoms with Gasteiger partial charge in [0.25, 0.3) is 0 Å². The van der Waals surface area contributed by atoms with Gasteiger partial charge in [-0.2, -0.15) is 0 Å². The van der Waals surface area contributed by atoms with Crippen molar-refractivity contribution in [2.45, 2.75) is 63.8 Å². The molecule has 1 amide bonds. The first-order valence-electron chi connectivity index (χ1n) is 9.75. The van der Waals surface area contributed by atoms with Crippen LogP contribution in [0.2, 0.25) is 0 Å². The van der Waals surface area contributed by atoms with Gasteiger partial charge >= 0.3 is 0 Å². The lowest BCUT2D eigenvalue weighted by Gasteiger charge is -2.54. The van der Waals surface area contributed by atoms with Crippen LogP contribution in [0, 0.1) is 6.92 Å². The molecule has 1 saturated carbocycles. The lowest BCUT2D eigenvalue weighted by atomic mass is 9.74. The molecule has 3 heterocycles. The van der Waals surface area contributed by atoms with E-state index in [0.29, 0.717) is 25.4 Å². The zero-order valence-corrected chi connectivity index (χ0v) is 16.6. The van der Waals surface area contributed by atoms with Gasteiger partial charge in [-0.25, -0.2) is 4.68 Å². The summed E-state index contributed by atoms with van der Waals surface area (Å²) in [6.07, 6.45) is 5.30. The second kappa shape index (κ2) is 7.59. The summed E-state index contributed by atoms with van der Waals surface area (Å²) in [7, 11) is 1.75. The third-order valence-electron chi connectivity index (χ3n) is 5.99. The molecule has 10 heteroatoms. The first-order valence-corrected chi connectivity index (χ1v) is 9.75. The number of aryl methyl sites for hydroxylation is 2. The average Bonchev–Trinajstić information content (AvgIpc) is 3.22. The highest BCUT2D eigenvalue weighted by Gasteiger charge is 2.47. The fourth-order valence-electron chi connectivity index (χ4n) is 4.08. The van der Waals surface area contributed by atoms with Crippen LogP contribution in [-0.2, 0) is 23.1 Å². The summed E-state index contributed by atoms with van der Waals surface area (Å²) in [5.74, 6) is 0.553. The molecule has 1 N–H and O–H groups in total. The van der Waals surface area contributed by atoms with Crippen molar-refractivity contribution < 1.29 is 14.1 Å². The van der Waals surface area contributed by atoms with E-state index in [2.05, 4.69) is 30.9 Å². The first-order chi connectivity index (χ1) is 13.5. The van der Waals surface area contributed by atoms with E-state index in [-0.39, 0.29) is 23.6 Å². The van der Waals surface area contributed by atoms with Gasteiger partial charge in [0, 0.05) is 31.2 Å². The Morgan fingerprint density at radius 3 is 2.89 bits per heavy atom. The Bertz CT molecular complexity index is 829. The van der Waals surface area contributed by atoms with Crippen molar-refractivity contribution in [2.75, 3.05) is 13.2 Å². The topological polar surface area (TPSA) is 111 Å². The second-order valence-corrected chi connectivity index (χ2v) is 7.99. The molecule has 2 unspecified atom stereocenters. The van der Waals surface area contributed by atoms with Crippen LogP contribution < -0.4 is 5.32 Å². The maximum absolute atomic E-state index is 12.5. The molecule has 0 radical (unpaired) electrons. The van der Waals surface area contributed by atoms with E-state index in [0.717, 1.165) is 30.6 Å². The number of ether oxygens (including phenoxy) is 1. The first kappa shape index (κ1) is 19.0. The number of hydrogen-bond acceptors (Lipinski definition) is 8. The Hall–Kier alpha value is -2.33. The minimum atomic E-state index is -0.261. The molecule has 2 aromatic rings. The fraction of sp³-hybridized carbons (Fsp3) is 0.722. The average molecular weight is 389 g/mol. The molecular weight excluding hydrogens is 362 g/mol. The fourth-order valence-corrected chi connectivity index (χ4v) is 4.08. The number of rotatable bonds is 6. The highest BCUT2D eigenvalue weighted by atomic mass is 16.5. The molecule has 152 valence electrons. The lowest BCUT2D eigenvalue weighted by molar-refractivity contribution is -0.154. The molecule has 2 aromatic heterocycles. The maximum atomic E-state index is 12.5. The largest absolute Gasteiger partial charge is 0.374 e. The standard InChI is InChI=1S/C18H27N7O3/c1-12-10-28-21-15(12)9-25-8-14(27-11-18(25)5-4-6-18)7-16(26)19-13(2)17-20-22-23-24(17)3/h10,13-14H,4-9,11H2,1-3H3,(H,19,26). The van der Waals surface area contributed by atoms with Gasteiger partial charge in [-0.3, -0.25) is 9.69 Å². The predicted octanol–water partition coefficient (Wildman–Crippen LogP) is 0.898. The molecule has 1 aliphatic carbocycles. The van der Waals surface area contributed by atoms with Crippen LogP contribution >= 0.6 is 0 Å². The minimum Gasteiger partial charge on any atom is -0.374 e. The van der Waals surface area contributed by atoms with Crippen LogP contribution in [0.25, 0.3) is 0 Å². The summed E-state index contributed by atoms with van der Waals surface area (Å²) in [5.41, 5.74) is 2.09. The molecule has 2 fully saturated rings. The number of nitrogens with zero attached hydrogens (tertiary/aromatic N) is 6. The number of amides is 1. The summed E-state index contributed by atoms with van der Waals surface area (Å²) in [5, 5.41) is 18.5. The number of aromatic nitrogens is 5.